The fraction of sp³-hybridized carbons (Fsp3) is 0.250. The first-order valence-electron chi connectivity index (χ1n) is 6.98. The van der Waals surface area contributed by atoms with Gasteiger partial charge in [-0.25, -0.2) is 8.42 Å². The van der Waals surface area contributed by atoms with Crippen LogP contribution in [0.4, 0.5) is 5.69 Å². The fourth-order valence-electron chi connectivity index (χ4n) is 2.08. The topological polar surface area (TPSA) is 67.9 Å². The SMILES string of the molecule is Cc1cccc(S(=O)(=O)Nc2ccccc2)c1OCC1CO1. The maximum Gasteiger partial charge on any atom is 0.265 e. The molecule has 1 unspecified atom stereocenters. The predicted molar refractivity (Wildman–Crippen MR) is 83.7 cm³/mol. The van der Waals surface area contributed by atoms with Gasteiger partial charge in [-0.2, -0.15) is 0 Å². The molecule has 0 amide bonds. The van der Waals surface area contributed by atoms with E-state index in [-0.39, 0.29) is 11.0 Å². The van der Waals surface area contributed by atoms with Crippen LogP contribution in [0.15, 0.2) is 53.4 Å². The van der Waals surface area contributed by atoms with E-state index in [1.165, 1.54) is 0 Å². The van der Waals surface area contributed by atoms with E-state index in [0.717, 1.165) is 5.56 Å². The summed E-state index contributed by atoms with van der Waals surface area (Å²) in [7, 11) is -3.71. The zero-order valence-electron chi connectivity index (χ0n) is 12.2. The fourth-order valence-corrected chi connectivity index (χ4v) is 3.36. The van der Waals surface area contributed by atoms with E-state index in [4.69, 9.17) is 9.47 Å². The van der Waals surface area contributed by atoms with Crippen molar-refractivity contribution in [3.63, 3.8) is 0 Å². The summed E-state index contributed by atoms with van der Waals surface area (Å²) >= 11 is 0. The molecular weight excluding hydrogens is 302 g/mol. The molecule has 116 valence electrons. The Balaban J connectivity index is 1.90. The van der Waals surface area contributed by atoms with Crippen LogP contribution in [0, 0.1) is 6.92 Å². The molecule has 1 atom stereocenters. The average molecular weight is 319 g/mol. The van der Waals surface area contributed by atoms with Gasteiger partial charge in [0.05, 0.1) is 6.61 Å². The van der Waals surface area contributed by atoms with Gasteiger partial charge in [0, 0.05) is 5.69 Å². The van der Waals surface area contributed by atoms with Crippen LogP contribution in [0.1, 0.15) is 5.56 Å². The maximum atomic E-state index is 12.6. The molecule has 0 aliphatic carbocycles. The highest BCUT2D eigenvalue weighted by Gasteiger charge is 2.26. The van der Waals surface area contributed by atoms with Gasteiger partial charge in [0.1, 0.15) is 23.4 Å². The molecule has 0 radical (unpaired) electrons. The Morgan fingerprint density at radius 1 is 1.18 bits per heavy atom. The van der Waals surface area contributed by atoms with E-state index in [0.29, 0.717) is 24.7 Å². The van der Waals surface area contributed by atoms with Crippen molar-refractivity contribution in [2.75, 3.05) is 17.9 Å². The predicted octanol–water partition coefficient (Wildman–Crippen LogP) is 2.57. The summed E-state index contributed by atoms with van der Waals surface area (Å²) < 4.78 is 38.6. The second-order valence-corrected chi connectivity index (χ2v) is 6.79. The summed E-state index contributed by atoms with van der Waals surface area (Å²) in [4.78, 5) is 0.136. The minimum absolute atomic E-state index is 0.0669. The lowest BCUT2D eigenvalue weighted by Crippen LogP contribution is -2.16. The molecule has 1 heterocycles. The van der Waals surface area contributed by atoms with E-state index >= 15 is 0 Å². The second-order valence-electron chi connectivity index (χ2n) is 5.14. The number of ether oxygens (including phenoxy) is 2. The molecule has 3 rings (SSSR count). The lowest BCUT2D eigenvalue weighted by atomic mass is 10.2. The summed E-state index contributed by atoms with van der Waals surface area (Å²) in [6, 6.07) is 13.8. The van der Waals surface area contributed by atoms with E-state index in [1.807, 2.05) is 19.1 Å². The van der Waals surface area contributed by atoms with Crippen molar-refractivity contribution in [1.82, 2.24) is 0 Å². The zero-order valence-corrected chi connectivity index (χ0v) is 13.0. The molecule has 1 aliphatic heterocycles. The number of aryl methyl sites for hydroxylation is 1. The van der Waals surface area contributed by atoms with E-state index in [2.05, 4.69) is 4.72 Å². The normalized spacial score (nSPS) is 17.0. The highest BCUT2D eigenvalue weighted by molar-refractivity contribution is 7.92. The molecule has 5 nitrogen and oxygen atoms in total. The first kappa shape index (κ1) is 14.9. The summed E-state index contributed by atoms with van der Waals surface area (Å²) in [5, 5.41) is 0. The molecule has 1 saturated heterocycles. The third-order valence-electron chi connectivity index (χ3n) is 3.31. The molecule has 0 aromatic heterocycles. The number of benzene rings is 2. The highest BCUT2D eigenvalue weighted by atomic mass is 32.2. The van der Waals surface area contributed by atoms with Crippen LogP contribution in [0.5, 0.6) is 5.75 Å². The molecule has 22 heavy (non-hydrogen) atoms. The maximum absolute atomic E-state index is 12.6. The summed E-state index contributed by atoms with van der Waals surface area (Å²) in [5.41, 5.74) is 1.29. The Morgan fingerprint density at radius 2 is 1.91 bits per heavy atom. The molecule has 1 fully saturated rings. The number of hydrogen-bond donors (Lipinski definition) is 1. The third-order valence-corrected chi connectivity index (χ3v) is 4.71. The minimum atomic E-state index is -3.71. The summed E-state index contributed by atoms with van der Waals surface area (Å²) in [5.74, 6) is 0.376. The van der Waals surface area contributed by atoms with Crippen molar-refractivity contribution in [2.24, 2.45) is 0 Å². The van der Waals surface area contributed by atoms with Gasteiger partial charge in [-0.05, 0) is 30.7 Å². The average Bonchev–Trinajstić information content (AvgIpc) is 3.30. The third kappa shape index (κ3) is 3.40. The van der Waals surface area contributed by atoms with Crippen molar-refractivity contribution in [2.45, 2.75) is 17.9 Å². The number of sulfonamides is 1. The lowest BCUT2D eigenvalue weighted by molar-refractivity contribution is 0.256. The standard InChI is InChI=1S/C16H17NO4S/c1-12-6-5-9-15(16(12)21-11-14-10-20-14)22(18,19)17-13-7-3-2-4-8-13/h2-9,14,17H,10-11H2,1H3. The van der Waals surface area contributed by atoms with Gasteiger partial charge in [-0.15, -0.1) is 0 Å². The van der Waals surface area contributed by atoms with Gasteiger partial charge in [0.25, 0.3) is 10.0 Å². The zero-order chi connectivity index (χ0) is 15.6. The molecule has 0 saturated carbocycles. The number of epoxide rings is 1. The smallest absolute Gasteiger partial charge is 0.265 e. The monoisotopic (exact) mass is 319 g/mol. The highest BCUT2D eigenvalue weighted by Crippen LogP contribution is 2.30. The second kappa shape index (κ2) is 5.98. The molecule has 0 bridgehead atoms. The van der Waals surface area contributed by atoms with Gasteiger partial charge in [0.2, 0.25) is 0 Å². The molecule has 6 heteroatoms. The first-order chi connectivity index (χ1) is 10.6. The number of anilines is 1. The summed E-state index contributed by atoms with van der Waals surface area (Å²) in [6.45, 7) is 2.85. The van der Waals surface area contributed by atoms with E-state index in [1.54, 1.807) is 36.4 Å². The first-order valence-corrected chi connectivity index (χ1v) is 8.46. The van der Waals surface area contributed by atoms with Crippen molar-refractivity contribution < 1.29 is 17.9 Å². The van der Waals surface area contributed by atoms with Gasteiger partial charge < -0.3 is 9.47 Å². The summed E-state index contributed by atoms with van der Waals surface area (Å²) in [6.07, 6.45) is 0.0669. The van der Waals surface area contributed by atoms with Crippen LogP contribution in [-0.4, -0.2) is 27.7 Å². The van der Waals surface area contributed by atoms with Crippen LogP contribution in [0.25, 0.3) is 0 Å². The van der Waals surface area contributed by atoms with Gasteiger partial charge in [-0.1, -0.05) is 30.3 Å². The number of nitrogens with one attached hydrogen (secondary N) is 1. The van der Waals surface area contributed by atoms with Gasteiger partial charge >= 0.3 is 0 Å². The van der Waals surface area contributed by atoms with E-state index in [9.17, 15) is 8.42 Å². The Bertz CT molecular complexity index is 755. The van der Waals surface area contributed by atoms with Crippen LogP contribution < -0.4 is 9.46 Å². The van der Waals surface area contributed by atoms with Crippen molar-refractivity contribution in [1.29, 1.82) is 0 Å². The van der Waals surface area contributed by atoms with Crippen LogP contribution in [0.2, 0.25) is 0 Å². The Morgan fingerprint density at radius 3 is 2.59 bits per heavy atom. The molecule has 1 N–H and O–H groups in total. The molecule has 0 spiro atoms. The Labute approximate surface area is 129 Å². The van der Waals surface area contributed by atoms with Crippen LogP contribution in [-0.2, 0) is 14.8 Å². The van der Waals surface area contributed by atoms with E-state index < -0.39 is 10.0 Å². The Hall–Kier alpha value is -2.05. The molecular formula is C16H17NO4S. The number of hydrogen-bond acceptors (Lipinski definition) is 4. The molecule has 1 aliphatic rings. The van der Waals surface area contributed by atoms with Gasteiger partial charge in [-0.3, -0.25) is 4.72 Å². The van der Waals surface area contributed by atoms with Crippen LogP contribution >= 0.6 is 0 Å². The van der Waals surface area contributed by atoms with Gasteiger partial charge in [0.15, 0.2) is 0 Å². The molecule has 2 aromatic carbocycles. The molecule has 2 aromatic rings. The minimum Gasteiger partial charge on any atom is -0.489 e. The van der Waals surface area contributed by atoms with Crippen molar-refractivity contribution in [3.05, 3.63) is 54.1 Å². The largest absolute Gasteiger partial charge is 0.489 e. The van der Waals surface area contributed by atoms with Crippen LogP contribution in [0.3, 0.4) is 0 Å². The number of rotatable bonds is 6. The lowest BCUT2D eigenvalue weighted by Gasteiger charge is -2.15. The number of para-hydroxylation sites is 2. The quantitative estimate of drug-likeness (QED) is 0.831. The Kier molecular flexibility index (Phi) is 4.04. The van der Waals surface area contributed by atoms with Crippen molar-refractivity contribution >= 4 is 15.7 Å². The van der Waals surface area contributed by atoms with Crippen molar-refractivity contribution in [3.8, 4) is 5.75 Å².